The van der Waals surface area contributed by atoms with Crippen LogP contribution in [0.1, 0.15) is 25.8 Å². The lowest BCUT2D eigenvalue weighted by molar-refractivity contribution is -0.144. The molecule has 0 saturated heterocycles. The third-order valence-electron chi connectivity index (χ3n) is 4.34. The Balaban J connectivity index is 2.60. The van der Waals surface area contributed by atoms with E-state index in [1.54, 1.807) is 13.8 Å². The Morgan fingerprint density at radius 1 is 1.00 bits per heavy atom. The quantitative estimate of drug-likeness (QED) is 0.224. The van der Waals surface area contributed by atoms with E-state index in [2.05, 4.69) is 16.0 Å². The fourth-order valence-corrected chi connectivity index (χ4v) is 2.68. The SMILES string of the molecule is CC(C)C(NC(=O)CNC(=O)C(N)Cc1ccccc1)C(=O)NC(CC(N)=O)C(=O)O. The van der Waals surface area contributed by atoms with Crippen molar-refractivity contribution in [1.82, 2.24) is 16.0 Å². The number of nitrogens with one attached hydrogen (secondary N) is 3. The number of aliphatic carboxylic acids is 1. The van der Waals surface area contributed by atoms with E-state index in [0.717, 1.165) is 5.56 Å². The standard InChI is InChI=1S/C20H29N5O6/c1-11(2)17(19(29)24-14(20(30)31)9-15(22)26)25-16(27)10-23-18(28)13(21)8-12-6-4-3-5-7-12/h3-7,11,13-14,17H,8-10,21H2,1-2H3,(H2,22,26)(H,23,28)(H,24,29)(H,25,27)(H,30,31). The fourth-order valence-electron chi connectivity index (χ4n) is 2.68. The van der Waals surface area contributed by atoms with Crippen LogP contribution in [-0.4, -0.2) is 59.4 Å². The summed E-state index contributed by atoms with van der Waals surface area (Å²) in [6.45, 7) is 2.87. The van der Waals surface area contributed by atoms with Crippen LogP contribution in [0.25, 0.3) is 0 Å². The van der Waals surface area contributed by atoms with Gasteiger partial charge in [0.2, 0.25) is 23.6 Å². The summed E-state index contributed by atoms with van der Waals surface area (Å²) in [4.78, 5) is 58.9. The van der Waals surface area contributed by atoms with E-state index in [9.17, 15) is 24.0 Å². The molecule has 0 radical (unpaired) electrons. The number of carboxylic acids is 1. The molecule has 0 aromatic heterocycles. The molecule has 170 valence electrons. The first kappa shape index (κ1) is 25.6. The minimum absolute atomic E-state index is 0.293. The molecule has 0 aliphatic carbocycles. The van der Waals surface area contributed by atoms with Crippen molar-refractivity contribution in [3.05, 3.63) is 35.9 Å². The first-order chi connectivity index (χ1) is 14.5. The molecular weight excluding hydrogens is 406 g/mol. The van der Waals surface area contributed by atoms with Crippen molar-refractivity contribution in [3.63, 3.8) is 0 Å². The smallest absolute Gasteiger partial charge is 0.326 e. The van der Waals surface area contributed by atoms with Crippen LogP contribution < -0.4 is 27.4 Å². The Kier molecular flexibility index (Phi) is 10.1. The zero-order chi connectivity index (χ0) is 23.6. The molecule has 8 N–H and O–H groups in total. The molecule has 0 aliphatic rings. The number of benzene rings is 1. The van der Waals surface area contributed by atoms with Crippen LogP contribution in [0.2, 0.25) is 0 Å². The van der Waals surface area contributed by atoms with Crippen LogP contribution in [0, 0.1) is 5.92 Å². The lowest BCUT2D eigenvalue weighted by Gasteiger charge is -2.24. The maximum absolute atomic E-state index is 12.4. The van der Waals surface area contributed by atoms with Crippen molar-refractivity contribution >= 4 is 29.6 Å². The topological polar surface area (TPSA) is 194 Å². The van der Waals surface area contributed by atoms with Gasteiger partial charge in [-0.25, -0.2) is 4.79 Å². The largest absolute Gasteiger partial charge is 0.480 e. The number of hydrogen-bond donors (Lipinski definition) is 6. The number of carboxylic acid groups (broad SMARTS) is 1. The Morgan fingerprint density at radius 2 is 1.61 bits per heavy atom. The van der Waals surface area contributed by atoms with Gasteiger partial charge in [-0.15, -0.1) is 0 Å². The van der Waals surface area contributed by atoms with Crippen LogP contribution >= 0.6 is 0 Å². The highest BCUT2D eigenvalue weighted by Crippen LogP contribution is 2.04. The Hall–Kier alpha value is -3.47. The van der Waals surface area contributed by atoms with Gasteiger partial charge in [0, 0.05) is 0 Å². The van der Waals surface area contributed by atoms with Gasteiger partial charge >= 0.3 is 5.97 Å². The lowest BCUT2D eigenvalue weighted by Crippen LogP contribution is -2.56. The summed E-state index contributed by atoms with van der Waals surface area (Å²) in [5, 5.41) is 16.1. The number of rotatable bonds is 12. The normalized spacial score (nSPS) is 13.5. The van der Waals surface area contributed by atoms with Gasteiger partial charge in [0.25, 0.3) is 0 Å². The molecule has 0 heterocycles. The van der Waals surface area contributed by atoms with Crippen LogP contribution in [0.15, 0.2) is 30.3 Å². The van der Waals surface area contributed by atoms with Gasteiger partial charge < -0.3 is 32.5 Å². The summed E-state index contributed by atoms with van der Waals surface area (Å²) in [6.07, 6.45) is -0.295. The molecule has 11 nitrogen and oxygen atoms in total. The number of carbonyl (C=O) groups excluding carboxylic acids is 4. The highest BCUT2D eigenvalue weighted by molar-refractivity contribution is 5.93. The highest BCUT2D eigenvalue weighted by atomic mass is 16.4. The minimum atomic E-state index is -1.51. The number of amides is 4. The third-order valence-corrected chi connectivity index (χ3v) is 4.34. The van der Waals surface area contributed by atoms with E-state index in [1.807, 2.05) is 30.3 Å². The van der Waals surface area contributed by atoms with Gasteiger partial charge in [0.15, 0.2) is 0 Å². The van der Waals surface area contributed by atoms with Gasteiger partial charge in [-0.2, -0.15) is 0 Å². The average molecular weight is 435 g/mol. The maximum Gasteiger partial charge on any atom is 0.326 e. The molecule has 0 spiro atoms. The predicted octanol–water partition coefficient (Wildman–Crippen LogP) is -1.74. The van der Waals surface area contributed by atoms with E-state index >= 15 is 0 Å². The van der Waals surface area contributed by atoms with E-state index in [-0.39, 0.29) is 0 Å². The number of hydrogen-bond acceptors (Lipinski definition) is 6. The lowest BCUT2D eigenvalue weighted by atomic mass is 10.0. The molecular formula is C20H29N5O6. The van der Waals surface area contributed by atoms with Crippen LogP contribution in [0.5, 0.6) is 0 Å². The molecule has 0 aliphatic heterocycles. The second kappa shape index (κ2) is 12.3. The predicted molar refractivity (Wildman–Crippen MR) is 111 cm³/mol. The average Bonchev–Trinajstić information content (AvgIpc) is 2.69. The number of primary amides is 1. The Bertz CT molecular complexity index is 799. The van der Waals surface area contributed by atoms with Crippen molar-refractivity contribution in [2.24, 2.45) is 17.4 Å². The van der Waals surface area contributed by atoms with E-state index in [0.29, 0.717) is 6.42 Å². The van der Waals surface area contributed by atoms with Gasteiger partial charge in [-0.3, -0.25) is 19.2 Å². The van der Waals surface area contributed by atoms with Crippen molar-refractivity contribution in [3.8, 4) is 0 Å². The summed E-state index contributed by atoms with van der Waals surface area (Å²) in [5.41, 5.74) is 11.7. The molecule has 1 aromatic rings. The Labute approximate surface area is 179 Å². The molecule has 3 unspecified atom stereocenters. The van der Waals surface area contributed by atoms with Crippen molar-refractivity contribution in [2.45, 2.75) is 44.8 Å². The molecule has 0 bridgehead atoms. The van der Waals surface area contributed by atoms with Crippen molar-refractivity contribution in [2.75, 3.05) is 6.54 Å². The minimum Gasteiger partial charge on any atom is -0.480 e. The highest BCUT2D eigenvalue weighted by Gasteiger charge is 2.29. The van der Waals surface area contributed by atoms with Crippen LogP contribution in [0.3, 0.4) is 0 Å². The number of nitrogens with two attached hydrogens (primary N) is 2. The van der Waals surface area contributed by atoms with Crippen LogP contribution in [0.4, 0.5) is 0 Å². The van der Waals surface area contributed by atoms with Gasteiger partial charge in [0.1, 0.15) is 12.1 Å². The second-order valence-corrected chi connectivity index (χ2v) is 7.37. The summed E-state index contributed by atoms with van der Waals surface area (Å²) < 4.78 is 0. The Morgan fingerprint density at radius 3 is 2.13 bits per heavy atom. The third kappa shape index (κ3) is 9.26. The fraction of sp³-hybridized carbons (Fsp3) is 0.450. The van der Waals surface area contributed by atoms with Crippen molar-refractivity contribution < 1.29 is 29.1 Å². The van der Waals surface area contributed by atoms with E-state index in [4.69, 9.17) is 16.6 Å². The summed E-state index contributed by atoms with van der Waals surface area (Å²) in [7, 11) is 0. The molecule has 1 aromatic carbocycles. The molecule has 1 rings (SSSR count). The second-order valence-electron chi connectivity index (χ2n) is 7.37. The molecule has 0 saturated carbocycles. The van der Waals surface area contributed by atoms with E-state index < -0.39 is 66.6 Å². The van der Waals surface area contributed by atoms with Gasteiger partial charge in [0.05, 0.1) is 19.0 Å². The van der Waals surface area contributed by atoms with E-state index in [1.165, 1.54) is 0 Å². The summed E-state index contributed by atoms with van der Waals surface area (Å²) in [5.74, 6) is -4.70. The van der Waals surface area contributed by atoms with Crippen LogP contribution in [-0.2, 0) is 30.4 Å². The monoisotopic (exact) mass is 435 g/mol. The number of carbonyl (C=O) groups is 5. The zero-order valence-electron chi connectivity index (χ0n) is 17.5. The maximum atomic E-state index is 12.4. The molecule has 4 amide bonds. The molecule has 3 atom stereocenters. The van der Waals surface area contributed by atoms with Gasteiger partial charge in [-0.1, -0.05) is 44.2 Å². The molecule has 0 fully saturated rings. The first-order valence-corrected chi connectivity index (χ1v) is 9.69. The molecule has 11 heteroatoms. The molecule has 31 heavy (non-hydrogen) atoms. The zero-order valence-corrected chi connectivity index (χ0v) is 17.5. The summed E-state index contributed by atoms with van der Waals surface area (Å²) in [6, 6.07) is 5.68. The van der Waals surface area contributed by atoms with Gasteiger partial charge in [-0.05, 0) is 17.9 Å². The summed E-state index contributed by atoms with van der Waals surface area (Å²) >= 11 is 0. The van der Waals surface area contributed by atoms with Crippen molar-refractivity contribution in [1.29, 1.82) is 0 Å². The first-order valence-electron chi connectivity index (χ1n) is 9.69.